The van der Waals surface area contributed by atoms with Crippen LogP contribution < -0.4 is 11.1 Å². The molecule has 0 radical (unpaired) electrons. The number of piperazine rings is 1. The lowest BCUT2D eigenvalue weighted by Crippen LogP contribution is -2.42. The summed E-state index contributed by atoms with van der Waals surface area (Å²) in [6.07, 6.45) is 0. The number of aromatic nitrogens is 2. The second-order valence-electron chi connectivity index (χ2n) is 3.40. The maximum Gasteiger partial charge on any atom is 0.290 e. The Balaban J connectivity index is 1.94. The fourth-order valence-electron chi connectivity index (χ4n) is 1.48. The van der Waals surface area contributed by atoms with Crippen molar-refractivity contribution in [2.24, 2.45) is 5.73 Å². The Kier molecular flexibility index (Phi) is 2.93. The van der Waals surface area contributed by atoms with Crippen molar-refractivity contribution in [1.82, 2.24) is 20.4 Å². The van der Waals surface area contributed by atoms with E-state index < -0.39 is 5.91 Å². The quantitative estimate of drug-likeness (QED) is 0.636. The summed E-state index contributed by atoms with van der Waals surface area (Å²) in [5.41, 5.74) is 5.01. The minimum absolute atomic E-state index is 0.0554. The van der Waals surface area contributed by atoms with Crippen LogP contribution in [0.5, 0.6) is 0 Å². The first kappa shape index (κ1) is 10.1. The molecular formula is C8H13N5O2. The molecule has 1 aromatic heterocycles. The van der Waals surface area contributed by atoms with Gasteiger partial charge in [0.15, 0.2) is 0 Å². The fourth-order valence-corrected chi connectivity index (χ4v) is 1.48. The van der Waals surface area contributed by atoms with Crippen molar-refractivity contribution in [3.63, 3.8) is 0 Å². The molecule has 82 valence electrons. The number of nitrogens with one attached hydrogen (secondary N) is 1. The van der Waals surface area contributed by atoms with Gasteiger partial charge in [-0.25, -0.2) is 0 Å². The van der Waals surface area contributed by atoms with E-state index in [4.69, 9.17) is 10.3 Å². The highest BCUT2D eigenvalue weighted by Gasteiger charge is 2.15. The number of rotatable bonds is 3. The Morgan fingerprint density at radius 1 is 1.53 bits per heavy atom. The van der Waals surface area contributed by atoms with Gasteiger partial charge in [-0.2, -0.15) is 4.98 Å². The number of hydrogen-bond acceptors (Lipinski definition) is 6. The molecule has 1 aliphatic rings. The molecule has 0 saturated carbocycles. The van der Waals surface area contributed by atoms with Gasteiger partial charge in [0.25, 0.3) is 11.7 Å². The molecule has 0 spiro atoms. The van der Waals surface area contributed by atoms with E-state index in [-0.39, 0.29) is 5.82 Å². The Morgan fingerprint density at radius 3 is 2.87 bits per heavy atom. The Morgan fingerprint density at radius 2 is 2.27 bits per heavy atom. The summed E-state index contributed by atoms with van der Waals surface area (Å²) < 4.78 is 4.90. The summed E-state index contributed by atoms with van der Waals surface area (Å²) in [6, 6.07) is 0. The smallest absolute Gasteiger partial charge is 0.290 e. The molecule has 0 atom stereocenters. The van der Waals surface area contributed by atoms with Gasteiger partial charge in [0.1, 0.15) is 0 Å². The van der Waals surface area contributed by atoms with Crippen LogP contribution in [0.1, 0.15) is 16.5 Å². The number of carbonyl (C=O) groups is 1. The molecule has 1 fully saturated rings. The van der Waals surface area contributed by atoms with E-state index in [1.807, 2.05) is 0 Å². The first-order chi connectivity index (χ1) is 7.25. The molecule has 7 nitrogen and oxygen atoms in total. The van der Waals surface area contributed by atoms with Crippen LogP contribution in [-0.4, -0.2) is 47.1 Å². The summed E-state index contributed by atoms with van der Waals surface area (Å²) in [6.45, 7) is 4.36. The maximum atomic E-state index is 10.7. The van der Waals surface area contributed by atoms with Crippen molar-refractivity contribution in [1.29, 1.82) is 0 Å². The molecule has 0 aromatic carbocycles. The first-order valence-electron chi connectivity index (χ1n) is 4.81. The van der Waals surface area contributed by atoms with E-state index >= 15 is 0 Å². The number of primary amides is 1. The third-order valence-electron chi connectivity index (χ3n) is 2.26. The minimum atomic E-state index is -0.662. The predicted octanol–water partition coefficient (Wildman–Crippen LogP) is -1.43. The minimum Gasteiger partial charge on any atom is -0.363 e. The lowest BCUT2D eigenvalue weighted by molar-refractivity contribution is 0.0987. The molecule has 0 unspecified atom stereocenters. The highest BCUT2D eigenvalue weighted by Crippen LogP contribution is 2.03. The van der Waals surface area contributed by atoms with Gasteiger partial charge < -0.3 is 15.6 Å². The van der Waals surface area contributed by atoms with Gasteiger partial charge in [0.05, 0.1) is 6.54 Å². The molecule has 2 heterocycles. The lowest BCUT2D eigenvalue weighted by atomic mass is 10.3. The van der Waals surface area contributed by atoms with E-state index in [9.17, 15) is 4.79 Å². The van der Waals surface area contributed by atoms with Gasteiger partial charge in [-0.3, -0.25) is 9.69 Å². The summed E-state index contributed by atoms with van der Waals surface area (Å²) >= 11 is 0. The molecule has 0 aliphatic carbocycles. The van der Waals surface area contributed by atoms with Crippen molar-refractivity contribution < 1.29 is 9.32 Å². The monoisotopic (exact) mass is 211 g/mol. The van der Waals surface area contributed by atoms with Gasteiger partial charge in [-0.1, -0.05) is 5.16 Å². The summed E-state index contributed by atoms with van der Waals surface area (Å²) in [7, 11) is 0. The lowest BCUT2D eigenvalue weighted by Gasteiger charge is -2.25. The van der Waals surface area contributed by atoms with Crippen LogP contribution in [0.4, 0.5) is 0 Å². The zero-order valence-electron chi connectivity index (χ0n) is 8.27. The highest BCUT2D eigenvalue weighted by molar-refractivity contribution is 5.88. The number of nitrogens with zero attached hydrogens (tertiary/aromatic N) is 3. The van der Waals surface area contributed by atoms with Crippen LogP contribution in [0.2, 0.25) is 0 Å². The first-order valence-corrected chi connectivity index (χ1v) is 4.81. The second-order valence-corrected chi connectivity index (χ2v) is 3.40. The standard InChI is InChI=1S/C8H13N5O2/c9-7(14)8-11-6(15-12-8)5-13-3-1-10-2-4-13/h10H,1-5H2,(H2,9,14). The van der Waals surface area contributed by atoms with Crippen molar-refractivity contribution >= 4 is 5.91 Å². The van der Waals surface area contributed by atoms with Gasteiger partial charge in [-0.05, 0) is 0 Å². The number of nitrogens with two attached hydrogens (primary N) is 1. The largest absolute Gasteiger partial charge is 0.363 e. The van der Waals surface area contributed by atoms with Crippen molar-refractivity contribution in [2.45, 2.75) is 6.54 Å². The molecule has 7 heteroatoms. The predicted molar refractivity (Wildman–Crippen MR) is 51.0 cm³/mol. The third kappa shape index (κ3) is 2.51. The number of hydrogen-bond donors (Lipinski definition) is 2. The van der Waals surface area contributed by atoms with Gasteiger partial charge >= 0.3 is 0 Å². The fraction of sp³-hybridized carbons (Fsp3) is 0.625. The molecule has 1 aromatic rings. The molecule has 15 heavy (non-hydrogen) atoms. The average molecular weight is 211 g/mol. The van der Waals surface area contributed by atoms with Crippen LogP contribution >= 0.6 is 0 Å². The van der Waals surface area contributed by atoms with Gasteiger partial charge in [0, 0.05) is 26.2 Å². The Labute approximate surface area is 86.6 Å². The molecule has 0 bridgehead atoms. The Hall–Kier alpha value is -1.47. The van der Waals surface area contributed by atoms with E-state index in [1.54, 1.807) is 0 Å². The van der Waals surface area contributed by atoms with Crippen LogP contribution in [-0.2, 0) is 6.54 Å². The van der Waals surface area contributed by atoms with Gasteiger partial charge in [-0.15, -0.1) is 0 Å². The number of carbonyl (C=O) groups excluding carboxylic acids is 1. The molecular weight excluding hydrogens is 198 g/mol. The molecule has 1 aliphatic heterocycles. The SMILES string of the molecule is NC(=O)c1noc(CN2CCNCC2)n1. The van der Waals surface area contributed by atoms with E-state index in [2.05, 4.69) is 20.4 Å². The van der Waals surface area contributed by atoms with E-state index in [0.29, 0.717) is 12.4 Å². The second kappa shape index (κ2) is 4.37. The van der Waals surface area contributed by atoms with Crippen molar-refractivity contribution in [2.75, 3.05) is 26.2 Å². The average Bonchev–Trinajstić information content (AvgIpc) is 2.68. The van der Waals surface area contributed by atoms with E-state index in [1.165, 1.54) is 0 Å². The third-order valence-corrected chi connectivity index (χ3v) is 2.26. The Bertz CT molecular complexity index is 345. The highest BCUT2D eigenvalue weighted by atomic mass is 16.5. The molecule has 1 saturated heterocycles. The molecule has 2 rings (SSSR count). The van der Waals surface area contributed by atoms with Crippen molar-refractivity contribution in [3.8, 4) is 0 Å². The maximum absolute atomic E-state index is 10.7. The van der Waals surface area contributed by atoms with Gasteiger partial charge in [0.2, 0.25) is 5.89 Å². The normalized spacial score (nSPS) is 17.9. The summed E-state index contributed by atoms with van der Waals surface area (Å²) in [5, 5.41) is 6.72. The summed E-state index contributed by atoms with van der Waals surface area (Å²) in [4.78, 5) is 16.8. The zero-order chi connectivity index (χ0) is 10.7. The summed E-state index contributed by atoms with van der Waals surface area (Å²) in [5.74, 6) is -0.281. The molecule has 1 amide bonds. The number of amides is 1. The molecule has 3 N–H and O–H groups in total. The van der Waals surface area contributed by atoms with E-state index in [0.717, 1.165) is 26.2 Å². The van der Waals surface area contributed by atoms with Crippen molar-refractivity contribution in [3.05, 3.63) is 11.7 Å². The zero-order valence-corrected chi connectivity index (χ0v) is 8.27. The van der Waals surface area contributed by atoms with Crippen LogP contribution in [0.25, 0.3) is 0 Å². The van der Waals surface area contributed by atoms with Crippen LogP contribution in [0.3, 0.4) is 0 Å². The van der Waals surface area contributed by atoms with Crippen LogP contribution in [0, 0.1) is 0 Å². The van der Waals surface area contributed by atoms with Crippen LogP contribution in [0.15, 0.2) is 4.52 Å². The topological polar surface area (TPSA) is 97.3 Å².